The summed E-state index contributed by atoms with van der Waals surface area (Å²) in [6.45, 7) is 2.17. The molecule has 1 amide bonds. The molecule has 1 aromatic rings. The van der Waals surface area contributed by atoms with Gasteiger partial charge in [-0.05, 0) is 68.1 Å². The molecule has 24 heavy (non-hydrogen) atoms. The van der Waals surface area contributed by atoms with Crippen LogP contribution in [-0.2, 0) is 11.8 Å². The molecule has 4 heteroatoms. The fourth-order valence-electron chi connectivity index (χ4n) is 6.36. The molecule has 0 spiro atoms. The van der Waals surface area contributed by atoms with Crippen LogP contribution in [0, 0.1) is 23.2 Å². The Kier molecular flexibility index (Phi) is 4.17. The van der Waals surface area contributed by atoms with E-state index in [1.54, 1.807) is 0 Å². The quantitative estimate of drug-likeness (QED) is 0.858. The molecule has 4 nitrogen and oxygen atoms in total. The van der Waals surface area contributed by atoms with Crippen molar-refractivity contribution < 1.29 is 4.79 Å². The van der Waals surface area contributed by atoms with E-state index in [1.807, 2.05) is 24.0 Å². The van der Waals surface area contributed by atoms with Crippen molar-refractivity contribution in [3.63, 3.8) is 0 Å². The Balaban J connectivity index is 1.43. The van der Waals surface area contributed by atoms with Crippen LogP contribution in [0.2, 0.25) is 0 Å². The van der Waals surface area contributed by atoms with Crippen molar-refractivity contribution in [3.05, 3.63) is 18.2 Å². The first-order valence-corrected chi connectivity index (χ1v) is 9.83. The number of aryl methyl sites for hydroxylation is 1. The van der Waals surface area contributed by atoms with Gasteiger partial charge in [0.1, 0.15) is 5.82 Å². The van der Waals surface area contributed by atoms with Crippen LogP contribution in [0.1, 0.15) is 76.6 Å². The Labute approximate surface area is 145 Å². The van der Waals surface area contributed by atoms with E-state index in [1.165, 1.54) is 38.5 Å². The smallest absolute Gasteiger partial charge is 0.221 e. The summed E-state index contributed by atoms with van der Waals surface area (Å²) < 4.78 is 2.03. The normalized spacial score (nSPS) is 35.2. The summed E-state index contributed by atoms with van der Waals surface area (Å²) >= 11 is 0. The van der Waals surface area contributed by atoms with Gasteiger partial charge >= 0.3 is 0 Å². The van der Waals surface area contributed by atoms with E-state index in [-0.39, 0.29) is 11.9 Å². The highest BCUT2D eigenvalue weighted by molar-refractivity contribution is 5.77. The number of amides is 1. The molecule has 1 atom stereocenters. The Bertz CT molecular complexity index is 570. The van der Waals surface area contributed by atoms with Crippen molar-refractivity contribution in [2.45, 2.75) is 70.8 Å². The fourth-order valence-corrected chi connectivity index (χ4v) is 6.36. The summed E-state index contributed by atoms with van der Waals surface area (Å²) in [7, 11) is 2.01. The molecule has 0 unspecified atom stereocenters. The molecule has 4 saturated carbocycles. The number of carbonyl (C=O) groups excluding carboxylic acids is 1. The first-order valence-electron chi connectivity index (χ1n) is 9.83. The Morgan fingerprint density at radius 3 is 2.42 bits per heavy atom. The number of hydrogen-bond donors (Lipinski definition) is 1. The Morgan fingerprint density at radius 2 is 1.92 bits per heavy atom. The second-order valence-corrected chi connectivity index (χ2v) is 8.90. The molecule has 4 aliphatic rings. The van der Waals surface area contributed by atoms with Crippen molar-refractivity contribution in [2.24, 2.45) is 30.2 Å². The molecule has 5 rings (SSSR count). The molecule has 4 fully saturated rings. The lowest BCUT2D eigenvalue weighted by Gasteiger charge is -2.56. The van der Waals surface area contributed by atoms with Crippen LogP contribution in [0.3, 0.4) is 0 Å². The maximum atomic E-state index is 12.9. The lowest BCUT2D eigenvalue weighted by atomic mass is 9.49. The van der Waals surface area contributed by atoms with Crippen LogP contribution in [0.4, 0.5) is 0 Å². The number of rotatable bonds is 6. The summed E-state index contributed by atoms with van der Waals surface area (Å²) in [4.78, 5) is 17.3. The Hall–Kier alpha value is -1.32. The summed E-state index contributed by atoms with van der Waals surface area (Å²) in [5.74, 6) is 3.95. The third-order valence-electron chi connectivity index (χ3n) is 6.78. The van der Waals surface area contributed by atoms with Crippen LogP contribution in [0.15, 0.2) is 12.4 Å². The molecule has 0 aromatic carbocycles. The first-order chi connectivity index (χ1) is 11.6. The van der Waals surface area contributed by atoms with Crippen LogP contribution < -0.4 is 5.32 Å². The van der Waals surface area contributed by atoms with Gasteiger partial charge < -0.3 is 9.88 Å². The highest BCUT2D eigenvalue weighted by atomic mass is 16.1. The topological polar surface area (TPSA) is 46.9 Å². The number of aromatic nitrogens is 2. The van der Waals surface area contributed by atoms with E-state index < -0.39 is 0 Å². The van der Waals surface area contributed by atoms with Gasteiger partial charge in [0.25, 0.3) is 0 Å². The molecule has 1 heterocycles. The van der Waals surface area contributed by atoms with Crippen molar-refractivity contribution in [1.82, 2.24) is 14.9 Å². The minimum Gasteiger partial charge on any atom is -0.346 e. The van der Waals surface area contributed by atoms with Crippen LogP contribution in [0.25, 0.3) is 0 Å². The van der Waals surface area contributed by atoms with Crippen molar-refractivity contribution >= 4 is 5.91 Å². The van der Waals surface area contributed by atoms with Gasteiger partial charge in [-0.25, -0.2) is 4.98 Å². The number of hydrogen-bond acceptors (Lipinski definition) is 2. The van der Waals surface area contributed by atoms with Crippen LogP contribution in [-0.4, -0.2) is 15.5 Å². The largest absolute Gasteiger partial charge is 0.346 e. The Morgan fingerprint density at radius 1 is 1.29 bits per heavy atom. The SMILES string of the molecule is CCC[C@H](NC(=O)CC12CC3CC(CC(C3)C1)C2)c1nccn1C. The molecule has 0 aliphatic heterocycles. The monoisotopic (exact) mass is 329 g/mol. The molecule has 1 N–H and O–H groups in total. The second-order valence-electron chi connectivity index (χ2n) is 8.90. The summed E-state index contributed by atoms with van der Waals surface area (Å²) in [5.41, 5.74) is 0.317. The molecule has 4 bridgehead atoms. The maximum Gasteiger partial charge on any atom is 0.221 e. The zero-order valence-corrected chi connectivity index (χ0v) is 15.1. The van der Waals surface area contributed by atoms with Gasteiger partial charge in [-0.1, -0.05) is 13.3 Å². The summed E-state index contributed by atoms with van der Waals surface area (Å²) in [6.07, 6.45) is 14.7. The average Bonchev–Trinajstić information content (AvgIpc) is 2.90. The van der Waals surface area contributed by atoms with E-state index in [0.29, 0.717) is 5.41 Å². The molecule has 0 saturated heterocycles. The predicted octanol–water partition coefficient (Wildman–Crippen LogP) is 3.98. The maximum absolute atomic E-state index is 12.9. The van der Waals surface area contributed by atoms with Crippen molar-refractivity contribution in [3.8, 4) is 0 Å². The highest BCUT2D eigenvalue weighted by Gasteiger charge is 2.51. The molecular formula is C20H31N3O. The summed E-state index contributed by atoms with van der Waals surface area (Å²) in [6, 6.07) is 0.0522. The predicted molar refractivity (Wildman–Crippen MR) is 94.2 cm³/mol. The van der Waals surface area contributed by atoms with Gasteiger partial charge in [0.15, 0.2) is 0 Å². The average molecular weight is 329 g/mol. The van der Waals surface area contributed by atoms with E-state index in [9.17, 15) is 4.79 Å². The fraction of sp³-hybridized carbons (Fsp3) is 0.800. The van der Waals surface area contributed by atoms with Gasteiger partial charge in [-0.2, -0.15) is 0 Å². The van der Waals surface area contributed by atoms with Crippen LogP contribution >= 0.6 is 0 Å². The highest BCUT2D eigenvalue weighted by Crippen LogP contribution is 2.61. The van der Waals surface area contributed by atoms with Gasteiger partial charge in [0.05, 0.1) is 6.04 Å². The van der Waals surface area contributed by atoms with Crippen LogP contribution in [0.5, 0.6) is 0 Å². The van der Waals surface area contributed by atoms with E-state index in [0.717, 1.165) is 42.8 Å². The third-order valence-corrected chi connectivity index (χ3v) is 6.78. The minimum absolute atomic E-state index is 0.0522. The van der Waals surface area contributed by atoms with Gasteiger partial charge in [0, 0.05) is 25.9 Å². The number of nitrogens with one attached hydrogen (secondary N) is 1. The molecule has 132 valence electrons. The number of imidazole rings is 1. The van der Waals surface area contributed by atoms with Gasteiger partial charge in [-0.15, -0.1) is 0 Å². The molecule has 1 aromatic heterocycles. The summed E-state index contributed by atoms with van der Waals surface area (Å²) in [5, 5.41) is 3.31. The molecule has 0 radical (unpaired) electrons. The van der Waals surface area contributed by atoms with Crippen molar-refractivity contribution in [1.29, 1.82) is 0 Å². The standard InChI is InChI=1S/C20H31N3O/c1-3-4-17(19-21-5-6-23(19)2)22-18(24)13-20-10-14-7-15(11-20)9-16(8-14)12-20/h5-6,14-17H,3-4,7-13H2,1-2H3,(H,22,24)/t14?,15?,16?,17-,20?/m0/s1. The van der Waals surface area contributed by atoms with Gasteiger partial charge in [-0.3, -0.25) is 4.79 Å². The lowest BCUT2D eigenvalue weighted by Crippen LogP contribution is -2.48. The first kappa shape index (κ1) is 16.2. The lowest BCUT2D eigenvalue weighted by molar-refractivity contribution is -0.130. The van der Waals surface area contributed by atoms with E-state index in [4.69, 9.17) is 0 Å². The second kappa shape index (κ2) is 6.20. The zero-order valence-electron chi connectivity index (χ0n) is 15.1. The number of carbonyl (C=O) groups is 1. The molecule has 4 aliphatic carbocycles. The number of nitrogens with zero attached hydrogens (tertiary/aromatic N) is 2. The van der Waals surface area contributed by atoms with E-state index >= 15 is 0 Å². The molecular weight excluding hydrogens is 298 g/mol. The van der Waals surface area contributed by atoms with E-state index in [2.05, 4.69) is 17.2 Å². The zero-order chi connectivity index (χ0) is 16.7. The van der Waals surface area contributed by atoms with Gasteiger partial charge in [0.2, 0.25) is 5.91 Å². The van der Waals surface area contributed by atoms with Crippen molar-refractivity contribution in [2.75, 3.05) is 0 Å². The minimum atomic E-state index is 0.0522. The third kappa shape index (κ3) is 3.00.